The van der Waals surface area contributed by atoms with Crippen LogP contribution in [0.15, 0.2) is 18.3 Å². The van der Waals surface area contributed by atoms with Crippen LogP contribution in [-0.4, -0.2) is 15.9 Å². The zero-order chi connectivity index (χ0) is 9.42. The van der Waals surface area contributed by atoms with Gasteiger partial charge >= 0.3 is 0 Å². The van der Waals surface area contributed by atoms with E-state index in [2.05, 4.69) is 9.97 Å². The highest BCUT2D eigenvalue weighted by atomic mass is 35.5. The summed E-state index contributed by atoms with van der Waals surface area (Å²) in [5.74, 6) is -0.515. The maximum atomic E-state index is 10.8. The number of nitrogens with zero attached hydrogens (tertiary/aromatic N) is 1. The number of hydrogen-bond acceptors (Lipinski definition) is 2. The van der Waals surface area contributed by atoms with E-state index in [1.54, 1.807) is 12.1 Å². The fraction of sp³-hybridized carbons (Fsp3) is 0. The highest BCUT2D eigenvalue weighted by Crippen LogP contribution is 2.26. The fourth-order valence-corrected chi connectivity index (χ4v) is 1.30. The number of aromatic amines is 1. The summed E-state index contributed by atoms with van der Waals surface area (Å²) < 4.78 is 0. The fourth-order valence-electron chi connectivity index (χ4n) is 1.11. The van der Waals surface area contributed by atoms with Crippen LogP contribution in [0.3, 0.4) is 0 Å². The second kappa shape index (κ2) is 2.74. The Labute approximate surface area is 79.1 Å². The number of carbonyl (C=O) groups is 1. The van der Waals surface area contributed by atoms with Crippen LogP contribution in [0.25, 0.3) is 11.4 Å². The molecule has 0 aromatic carbocycles. The summed E-state index contributed by atoms with van der Waals surface area (Å²) in [5.41, 5.74) is 6.77. The molecule has 0 aromatic heterocycles. The molecule has 0 aromatic rings. The number of H-pyrrole nitrogens is 1. The van der Waals surface area contributed by atoms with Crippen molar-refractivity contribution in [2.24, 2.45) is 5.73 Å². The third kappa shape index (κ3) is 1.25. The molecule has 2 rings (SSSR count). The summed E-state index contributed by atoms with van der Waals surface area (Å²) >= 11 is 5.80. The van der Waals surface area contributed by atoms with Gasteiger partial charge in [-0.3, -0.25) is 9.78 Å². The second-order valence-electron chi connectivity index (χ2n) is 2.60. The maximum Gasteiger partial charge on any atom is 0.265 e. The van der Waals surface area contributed by atoms with E-state index in [4.69, 9.17) is 17.3 Å². The molecule has 2 heterocycles. The summed E-state index contributed by atoms with van der Waals surface area (Å²) in [6.45, 7) is 0. The van der Waals surface area contributed by atoms with E-state index in [1.807, 2.05) is 0 Å². The predicted molar refractivity (Wildman–Crippen MR) is 48.7 cm³/mol. The Morgan fingerprint density at radius 1 is 1.54 bits per heavy atom. The number of rotatable bonds is 1. The average Bonchev–Trinajstić information content (AvgIpc) is 2.47. The van der Waals surface area contributed by atoms with Gasteiger partial charge in [-0.05, 0) is 12.1 Å². The minimum atomic E-state index is -0.515. The quantitative estimate of drug-likeness (QED) is 0.719. The van der Waals surface area contributed by atoms with Crippen molar-refractivity contribution in [1.82, 2.24) is 9.97 Å². The molecule has 0 bridgehead atoms. The van der Waals surface area contributed by atoms with Crippen molar-refractivity contribution in [2.45, 2.75) is 0 Å². The highest BCUT2D eigenvalue weighted by Gasteiger charge is 2.11. The second-order valence-corrected chi connectivity index (χ2v) is 3.01. The SMILES string of the molecule is NC(=O)c1ccc2ncc(Cl)c-2[nH]1. The number of primary amides is 1. The molecule has 0 spiro atoms. The molecule has 0 saturated heterocycles. The number of pyridine rings is 1. The van der Waals surface area contributed by atoms with E-state index in [-0.39, 0.29) is 0 Å². The monoisotopic (exact) mass is 195 g/mol. The molecule has 0 aliphatic carbocycles. The molecule has 5 heteroatoms. The summed E-state index contributed by atoms with van der Waals surface area (Å²) in [5, 5.41) is 0.484. The van der Waals surface area contributed by atoms with Crippen molar-refractivity contribution in [3.8, 4) is 11.4 Å². The summed E-state index contributed by atoms with van der Waals surface area (Å²) in [6.07, 6.45) is 1.52. The van der Waals surface area contributed by atoms with E-state index < -0.39 is 5.91 Å². The molecular weight excluding hydrogens is 190 g/mol. The zero-order valence-electron chi connectivity index (χ0n) is 6.54. The molecule has 1 amide bonds. The van der Waals surface area contributed by atoms with Gasteiger partial charge in [-0.15, -0.1) is 0 Å². The standard InChI is InChI=1S/C8H6ClN3O/c9-4-3-11-5-1-2-6(8(10)13)12-7(4)5/h1-3,12H,(H2,10,13). The Morgan fingerprint density at radius 3 is 3.00 bits per heavy atom. The largest absolute Gasteiger partial charge is 0.364 e. The van der Waals surface area contributed by atoms with E-state index in [0.29, 0.717) is 16.4 Å². The Balaban J connectivity index is 2.66. The van der Waals surface area contributed by atoms with Gasteiger partial charge in [0.1, 0.15) is 5.69 Å². The van der Waals surface area contributed by atoms with Crippen LogP contribution in [0.1, 0.15) is 10.5 Å². The lowest BCUT2D eigenvalue weighted by atomic mass is 10.2. The lowest BCUT2D eigenvalue weighted by molar-refractivity contribution is 0.0995. The van der Waals surface area contributed by atoms with E-state index >= 15 is 0 Å². The lowest BCUT2D eigenvalue weighted by Gasteiger charge is -2.01. The molecule has 0 fully saturated rings. The van der Waals surface area contributed by atoms with Gasteiger partial charge in [0.2, 0.25) is 0 Å². The lowest BCUT2D eigenvalue weighted by Crippen LogP contribution is -2.13. The topological polar surface area (TPSA) is 71.8 Å². The summed E-state index contributed by atoms with van der Waals surface area (Å²) in [7, 11) is 0. The van der Waals surface area contributed by atoms with Gasteiger partial charge in [0.15, 0.2) is 0 Å². The maximum absolute atomic E-state index is 10.8. The molecule has 0 radical (unpaired) electrons. The van der Waals surface area contributed by atoms with Gasteiger partial charge in [0.05, 0.1) is 16.4 Å². The van der Waals surface area contributed by atoms with Crippen LogP contribution in [0, 0.1) is 0 Å². The third-order valence-corrected chi connectivity index (χ3v) is 2.03. The van der Waals surface area contributed by atoms with Crippen molar-refractivity contribution in [3.05, 3.63) is 29.0 Å². The van der Waals surface area contributed by atoms with E-state index in [1.165, 1.54) is 6.20 Å². The van der Waals surface area contributed by atoms with E-state index in [9.17, 15) is 4.79 Å². The van der Waals surface area contributed by atoms with Crippen molar-refractivity contribution in [1.29, 1.82) is 0 Å². The normalized spacial score (nSPS) is 10.5. The van der Waals surface area contributed by atoms with E-state index in [0.717, 1.165) is 5.69 Å². The molecule has 0 saturated carbocycles. The van der Waals surface area contributed by atoms with Gasteiger partial charge < -0.3 is 10.7 Å². The van der Waals surface area contributed by atoms with Crippen LogP contribution in [0.4, 0.5) is 0 Å². The predicted octanol–water partition coefficient (Wildman–Crippen LogP) is 1.27. The zero-order valence-corrected chi connectivity index (χ0v) is 7.30. The molecule has 66 valence electrons. The number of aromatic nitrogens is 2. The molecule has 3 N–H and O–H groups in total. The molecule has 2 aliphatic rings. The third-order valence-electron chi connectivity index (χ3n) is 1.74. The molecule has 4 nitrogen and oxygen atoms in total. The molecule has 0 unspecified atom stereocenters. The number of amides is 1. The smallest absolute Gasteiger partial charge is 0.265 e. The number of nitrogens with two attached hydrogens (primary N) is 1. The van der Waals surface area contributed by atoms with Gasteiger partial charge in [-0.25, -0.2) is 0 Å². The number of carbonyl (C=O) groups excluding carboxylic acids is 1. The average molecular weight is 196 g/mol. The number of halogens is 1. The number of nitrogens with one attached hydrogen (secondary N) is 1. The summed E-state index contributed by atoms with van der Waals surface area (Å²) in [4.78, 5) is 17.6. The molecule has 0 atom stereocenters. The molecule has 2 aliphatic heterocycles. The van der Waals surface area contributed by atoms with Crippen LogP contribution < -0.4 is 5.73 Å². The van der Waals surface area contributed by atoms with Crippen LogP contribution in [0.2, 0.25) is 5.02 Å². The van der Waals surface area contributed by atoms with Crippen molar-refractivity contribution in [2.75, 3.05) is 0 Å². The Hall–Kier alpha value is -1.55. The minimum Gasteiger partial charge on any atom is -0.364 e. The van der Waals surface area contributed by atoms with Gasteiger partial charge in [0, 0.05) is 6.20 Å². The van der Waals surface area contributed by atoms with Crippen molar-refractivity contribution in [3.63, 3.8) is 0 Å². The Bertz CT molecular complexity index is 437. The van der Waals surface area contributed by atoms with Crippen LogP contribution >= 0.6 is 11.6 Å². The first-order valence-electron chi connectivity index (χ1n) is 3.61. The van der Waals surface area contributed by atoms with Gasteiger partial charge in [-0.2, -0.15) is 0 Å². The van der Waals surface area contributed by atoms with Crippen LogP contribution in [-0.2, 0) is 0 Å². The Morgan fingerprint density at radius 2 is 2.31 bits per heavy atom. The first kappa shape index (κ1) is 8.07. The molecular formula is C8H6ClN3O. The summed E-state index contributed by atoms with van der Waals surface area (Å²) in [6, 6.07) is 3.27. The van der Waals surface area contributed by atoms with Gasteiger partial charge in [0.25, 0.3) is 5.91 Å². The van der Waals surface area contributed by atoms with Crippen molar-refractivity contribution >= 4 is 17.5 Å². The highest BCUT2D eigenvalue weighted by molar-refractivity contribution is 6.33. The Kier molecular flexibility index (Phi) is 1.70. The van der Waals surface area contributed by atoms with Crippen molar-refractivity contribution < 1.29 is 4.79 Å². The minimum absolute atomic E-state index is 0.322. The van der Waals surface area contributed by atoms with Crippen LogP contribution in [0.5, 0.6) is 0 Å². The first-order chi connectivity index (χ1) is 6.18. The van der Waals surface area contributed by atoms with Gasteiger partial charge in [-0.1, -0.05) is 11.6 Å². The number of fused-ring (bicyclic) bond motifs is 1. The molecule has 13 heavy (non-hydrogen) atoms. The first-order valence-corrected chi connectivity index (χ1v) is 3.99. The number of hydrogen-bond donors (Lipinski definition) is 2.